The lowest BCUT2D eigenvalue weighted by atomic mass is 10.1. The molecule has 0 bridgehead atoms. The van der Waals surface area contributed by atoms with E-state index < -0.39 is 0 Å². The number of thiophene rings is 1. The van der Waals surface area contributed by atoms with Crippen molar-refractivity contribution < 1.29 is 4.79 Å². The molecule has 110 valence electrons. The van der Waals surface area contributed by atoms with Crippen LogP contribution in [0.4, 0.5) is 5.69 Å². The highest BCUT2D eigenvalue weighted by Gasteiger charge is 2.24. The van der Waals surface area contributed by atoms with Crippen LogP contribution in [0.2, 0.25) is 0 Å². The highest BCUT2D eigenvalue weighted by atomic mass is 32.1. The maximum Gasteiger partial charge on any atom is 0.264 e. The molecular weight excluding hydrogens is 280 g/mol. The molecule has 1 amide bonds. The third-order valence-electron chi connectivity index (χ3n) is 4.08. The smallest absolute Gasteiger partial charge is 0.264 e. The lowest BCUT2D eigenvalue weighted by molar-refractivity contribution is 0.0751. The van der Waals surface area contributed by atoms with Gasteiger partial charge >= 0.3 is 0 Å². The van der Waals surface area contributed by atoms with Gasteiger partial charge in [0.05, 0.1) is 4.88 Å². The number of hydrogen-bond acceptors (Lipinski definition) is 3. The van der Waals surface area contributed by atoms with E-state index >= 15 is 0 Å². The summed E-state index contributed by atoms with van der Waals surface area (Å²) in [6.07, 6.45) is 0. The summed E-state index contributed by atoms with van der Waals surface area (Å²) in [5.41, 5.74) is 3.68. The van der Waals surface area contributed by atoms with Crippen LogP contribution in [0.3, 0.4) is 0 Å². The molecule has 1 aromatic carbocycles. The van der Waals surface area contributed by atoms with Gasteiger partial charge in [0, 0.05) is 31.9 Å². The molecule has 2 aromatic rings. The van der Waals surface area contributed by atoms with Crippen molar-refractivity contribution in [2.75, 3.05) is 31.1 Å². The van der Waals surface area contributed by atoms with Gasteiger partial charge in [0.1, 0.15) is 0 Å². The number of carbonyl (C=O) groups excluding carboxylic acids is 1. The summed E-state index contributed by atoms with van der Waals surface area (Å²) in [5, 5.41) is 1.99. The van der Waals surface area contributed by atoms with E-state index in [1.54, 1.807) is 11.3 Å². The zero-order valence-corrected chi connectivity index (χ0v) is 13.3. The van der Waals surface area contributed by atoms with E-state index in [2.05, 4.69) is 36.1 Å². The summed E-state index contributed by atoms with van der Waals surface area (Å²) >= 11 is 1.55. The Balaban J connectivity index is 1.67. The first kappa shape index (κ1) is 14.1. The normalized spacial score (nSPS) is 15.3. The number of carbonyl (C=O) groups is 1. The second-order valence-corrected chi connectivity index (χ2v) is 6.41. The summed E-state index contributed by atoms with van der Waals surface area (Å²) in [6.45, 7) is 7.55. The van der Waals surface area contributed by atoms with Crippen LogP contribution in [0.25, 0.3) is 0 Å². The largest absolute Gasteiger partial charge is 0.368 e. The summed E-state index contributed by atoms with van der Waals surface area (Å²) in [7, 11) is 0. The Bertz CT molecular complexity index is 642. The molecule has 21 heavy (non-hydrogen) atoms. The van der Waals surface area contributed by atoms with Gasteiger partial charge in [-0.1, -0.05) is 18.2 Å². The van der Waals surface area contributed by atoms with Crippen LogP contribution in [0.1, 0.15) is 20.8 Å². The Hall–Kier alpha value is -1.81. The predicted molar refractivity (Wildman–Crippen MR) is 88.4 cm³/mol. The van der Waals surface area contributed by atoms with Crippen LogP contribution in [-0.4, -0.2) is 37.0 Å². The summed E-state index contributed by atoms with van der Waals surface area (Å²) in [6, 6.07) is 10.5. The van der Waals surface area contributed by atoms with Gasteiger partial charge in [-0.3, -0.25) is 4.79 Å². The number of nitrogens with zero attached hydrogens (tertiary/aromatic N) is 2. The molecule has 0 unspecified atom stereocenters. The lowest BCUT2D eigenvalue weighted by Gasteiger charge is -2.36. The molecule has 0 radical (unpaired) electrons. The van der Waals surface area contributed by atoms with Crippen molar-refractivity contribution in [2.45, 2.75) is 13.8 Å². The number of benzene rings is 1. The third-order valence-corrected chi connectivity index (χ3v) is 5.08. The van der Waals surface area contributed by atoms with Crippen LogP contribution >= 0.6 is 11.3 Å². The molecule has 1 aliphatic rings. The van der Waals surface area contributed by atoms with Crippen LogP contribution in [0, 0.1) is 13.8 Å². The van der Waals surface area contributed by atoms with E-state index in [0.29, 0.717) is 0 Å². The standard InChI is InChI=1S/C17H20N2OS/c1-13-5-3-4-6-15(13)18-8-10-19(11-9-18)17(20)16-14(2)7-12-21-16/h3-7,12H,8-11H2,1-2H3. The number of piperazine rings is 1. The Morgan fingerprint density at radius 3 is 2.33 bits per heavy atom. The second kappa shape index (κ2) is 5.90. The van der Waals surface area contributed by atoms with Crippen molar-refractivity contribution in [3.05, 3.63) is 51.7 Å². The monoisotopic (exact) mass is 300 g/mol. The minimum absolute atomic E-state index is 0.187. The molecule has 1 fully saturated rings. The van der Waals surface area contributed by atoms with Gasteiger partial charge in [-0.25, -0.2) is 0 Å². The number of aryl methyl sites for hydroxylation is 2. The van der Waals surface area contributed by atoms with Crippen molar-refractivity contribution in [1.82, 2.24) is 4.90 Å². The van der Waals surface area contributed by atoms with Gasteiger partial charge in [-0.2, -0.15) is 0 Å². The highest BCUT2D eigenvalue weighted by Crippen LogP contribution is 2.23. The first-order valence-electron chi connectivity index (χ1n) is 7.31. The van der Waals surface area contributed by atoms with E-state index in [4.69, 9.17) is 0 Å². The lowest BCUT2D eigenvalue weighted by Crippen LogP contribution is -2.48. The van der Waals surface area contributed by atoms with Crippen LogP contribution in [-0.2, 0) is 0 Å². The first-order chi connectivity index (χ1) is 10.2. The van der Waals surface area contributed by atoms with E-state index in [9.17, 15) is 4.79 Å². The van der Waals surface area contributed by atoms with Crippen LogP contribution < -0.4 is 4.90 Å². The Morgan fingerprint density at radius 1 is 1.00 bits per heavy atom. The number of hydrogen-bond donors (Lipinski definition) is 0. The average Bonchev–Trinajstić information content (AvgIpc) is 2.93. The van der Waals surface area contributed by atoms with Gasteiger partial charge in [0.2, 0.25) is 0 Å². The molecule has 1 aromatic heterocycles. The number of anilines is 1. The first-order valence-corrected chi connectivity index (χ1v) is 8.19. The molecule has 1 aliphatic heterocycles. The molecule has 3 nitrogen and oxygen atoms in total. The Kier molecular flexibility index (Phi) is 3.97. The molecule has 4 heteroatoms. The van der Waals surface area contributed by atoms with Crippen molar-refractivity contribution in [1.29, 1.82) is 0 Å². The second-order valence-electron chi connectivity index (χ2n) is 5.50. The van der Waals surface area contributed by atoms with E-state index in [0.717, 1.165) is 36.6 Å². The van der Waals surface area contributed by atoms with Crippen molar-refractivity contribution >= 4 is 22.9 Å². The quantitative estimate of drug-likeness (QED) is 0.849. The molecular formula is C17H20N2OS. The fourth-order valence-electron chi connectivity index (χ4n) is 2.80. The zero-order valence-electron chi connectivity index (χ0n) is 12.5. The minimum Gasteiger partial charge on any atom is -0.368 e. The number of amides is 1. The Labute approximate surface area is 129 Å². The summed E-state index contributed by atoms with van der Waals surface area (Å²) in [5.74, 6) is 0.187. The predicted octanol–water partition coefficient (Wildman–Crippen LogP) is 3.33. The average molecular weight is 300 g/mol. The molecule has 0 aliphatic carbocycles. The maximum atomic E-state index is 12.5. The third kappa shape index (κ3) is 2.81. The fourth-order valence-corrected chi connectivity index (χ4v) is 3.70. The van der Waals surface area contributed by atoms with Crippen LogP contribution in [0.15, 0.2) is 35.7 Å². The topological polar surface area (TPSA) is 23.6 Å². The van der Waals surface area contributed by atoms with E-state index in [-0.39, 0.29) is 5.91 Å². The molecule has 2 heterocycles. The summed E-state index contributed by atoms with van der Waals surface area (Å²) in [4.78, 5) is 17.8. The minimum atomic E-state index is 0.187. The van der Waals surface area contributed by atoms with Crippen molar-refractivity contribution in [3.63, 3.8) is 0 Å². The van der Waals surface area contributed by atoms with Crippen molar-refractivity contribution in [3.8, 4) is 0 Å². The fraction of sp³-hybridized carbons (Fsp3) is 0.353. The van der Waals surface area contributed by atoms with E-state index in [1.807, 2.05) is 23.3 Å². The van der Waals surface area contributed by atoms with Gasteiger partial charge in [0.15, 0.2) is 0 Å². The number of para-hydroxylation sites is 1. The molecule has 1 saturated heterocycles. The van der Waals surface area contributed by atoms with Crippen LogP contribution in [0.5, 0.6) is 0 Å². The molecule has 0 atom stereocenters. The van der Waals surface area contributed by atoms with Gasteiger partial charge < -0.3 is 9.80 Å². The Morgan fingerprint density at radius 2 is 1.71 bits per heavy atom. The molecule has 0 spiro atoms. The van der Waals surface area contributed by atoms with Gasteiger partial charge in [-0.05, 0) is 42.5 Å². The molecule has 0 saturated carbocycles. The van der Waals surface area contributed by atoms with Gasteiger partial charge in [0.25, 0.3) is 5.91 Å². The summed E-state index contributed by atoms with van der Waals surface area (Å²) < 4.78 is 0. The SMILES string of the molecule is Cc1ccccc1N1CCN(C(=O)c2sccc2C)CC1. The highest BCUT2D eigenvalue weighted by molar-refractivity contribution is 7.12. The van der Waals surface area contributed by atoms with Crippen molar-refractivity contribution in [2.24, 2.45) is 0 Å². The van der Waals surface area contributed by atoms with Gasteiger partial charge in [-0.15, -0.1) is 11.3 Å². The van der Waals surface area contributed by atoms with E-state index in [1.165, 1.54) is 11.3 Å². The maximum absolute atomic E-state index is 12.5. The molecule has 3 rings (SSSR count). The number of rotatable bonds is 2. The molecule has 0 N–H and O–H groups in total. The zero-order chi connectivity index (χ0) is 14.8.